The van der Waals surface area contributed by atoms with E-state index in [1.54, 1.807) is 36.4 Å². The van der Waals surface area contributed by atoms with E-state index in [1.807, 2.05) is 4.90 Å². The van der Waals surface area contributed by atoms with Crippen LogP contribution in [0.3, 0.4) is 0 Å². The molecule has 2 fully saturated rings. The number of ether oxygens (including phenoxy) is 1. The number of nitrogens with zero attached hydrogens (tertiary/aromatic N) is 4. The highest BCUT2D eigenvalue weighted by molar-refractivity contribution is 6.23. The Morgan fingerprint density at radius 2 is 1.67 bits per heavy atom. The molecule has 2 heterocycles. The van der Waals surface area contributed by atoms with Crippen LogP contribution in [-0.2, 0) is 9.59 Å². The summed E-state index contributed by atoms with van der Waals surface area (Å²) in [6.45, 7) is 2.59. The average Bonchev–Trinajstić information content (AvgIpc) is 3.07. The highest BCUT2D eigenvalue weighted by atomic mass is 16.6. The van der Waals surface area contributed by atoms with Gasteiger partial charge in [0.15, 0.2) is 0 Å². The minimum Gasteiger partial charge on any atom is -0.495 e. The fraction of sp³-hybridized carbons (Fsp3) is 0.333. The van der Waals surface area contributed by atoms with E-state index in [0.29, 0.717) is 37.6 Å². The highest BCUT2D eigenvalue weighted by Crippen LogP contribution is 2.33. The number of hydrogen-bond donors (Lipinski definition) is 0. The van der Waals surface area contributed by atoms with Crippen molar-refractivity contribution in [1.82, 2.24) is 4.90 Å². The summed E-state index contributed by atoms with van der Waals surface area (Å²) in [5.41, 5.74) is 1.44. The van der Waals surface area contributed by atoms with Gasteiger partial charge < -0.3 is 9.64 Å². The van der Waals surface area contributed by atoms with Crippen molar-refractivity contribution >= 4 is 28.9 Å². The lowest BCUT2D eigenvalue weighted by atomic mass is 10.1. The molecule has 4 rings (SSSR count). The van der Waals surface area contributed by atoms with Crippen molar-refractivity contribution in [1.29, 1.82) is 0 Å². The number of amides is 2. The van der Waals surface area contributed by atoms with Gasteiger partial charge in [0.2, 0.25) is 5.91 Å². The number of imide groups is 1. The Labute approximate surface area is 173 Å². The van der Waals surface area contributed by atoms with E-state index >= 15 is 0 Å². The first-order valence-electron chi connectivity index (χ1n) is 9.73. The Bertz CT molecular complexity index is 970. The van der Waals surface area contributed by atoms with Gasteiger partial charge in [-0.2, -0.15) is 0 Å². The van der Waals surface area contributed by atoms with Gasteiger partial charge in [0.05, 0.1) is 30.2 Å². The summed E-state index contributed by atoms with van der Waals surface area (Å²) < 4.78 is 5.31. The highest BCUT2D eigenvalue weighted by Gasteiger charge is 2.44. The summed E-state index contributed by atoms with van der Waals surface area (Å²) in [5.74, 6) is 0.0309. The first kappa shape index (κ1) is 19.8. The number of non-ortho nitro benzene ring substituents is 1. The van der Waals surface area contributed by atoms with Crippen molar-refractivity contribution < 1.29 is 19.2 Å². The van der Waals surface area contributed by atoms with Crippen LogP contribution in [-0.4, -0.2) is 61.0 Å². The van der Waals surface area contributed by atoms with Crippen LogP contribution in [0.4, 0.5) is 17.1 Å². The number of carbonyl (C=O) groups is 2. The van der Waals surface area contributed by atoms with Gasteiger partial charge in [-0.3, -0.25) is 24.6 Å². The van der Waals surface area contributed by atoms with Gasteiger partial charge in [0, 0.05) is 44.0 Å². The zero-order valence-electron chi connectivity index (χ0n) is 16.6. The van der Waals surface area contributed by atoms with E-state index in [-0.39, 0.29) is 23.9 Å². The molecule has 2 aliphatic heterocycles. The first-order chi connectivity index (χ1) is 14.5. The Morgan fingerprint density at radius 1 is 1.00 bits per heavy atom. The van der Waals surface area contributed by atoms with Crippen molar-refractivity contribution in [3.63, 3.8) is 0 Å². The molecule has 30 heavy (non-hydrogen) atoms. The average molecular weight is 410 g/mol. The van der Waals surface area contributed by atoms with E-state index in [1.165, 1.54) is 24.1 Å². The molecule has 2 amide bonds. The Balaban J connectivity index is 1.43. The van der Waals surface area contributed by atoms with Crippen molar-refractivity contribution in [2.75, 3.05) is 43.1 Å². The zero-order chi connectivity index (χ0) is 21.3. The molecular weight excluding hydrogens is 388 g/mol. The number of hydrogen-bond acceptors (Lipinski definition) is 7. The molecule has 9 nitrogen and oxygen atoms in total. The lowest BCUT2D eigenvalue weighted by Crippen LogP contribution is -2.52. The summed E-state index contributed by atoms with van der Waals surface area (Å²) in [6.07, 6.45) is 0.147. The third-order valence-corrected chi connectivity index (χ3v) is 5.63. The maximum absolute atomic E-state index is 13.1. The molecule has 0 N–H and O–H groups in total. The maximum atomic E-state index is 13.1. The summed E-state index contributed by atoms with van der Waals surface area (Å²) in [5, 5.41) is 10.8. The molecule has 2 aliphatic rings. The standard InChI is InChI=1S/C21H22N4O5/c1-30-19-5-3-2-4-17(19)24-20(26)14-18(21(24)27)23-12-10-22(11-13-23)15-6-8-16(9-7-15)25(28)29/h2-9,18H,10-14H2,1H3/t18-/m0/s1. The molecule has 0 aromatic heterocycles. The maximum Gasteiger partial charge on any atom is 0.269 e. The third-order valence-electron chi connectivity index (χ3n) is 5.63. The van der Waals surface area contributed by atoms with E-state index in [0.717, 1.165) is 5.69 Å². The molecule has 0 unspecified atom stereocenters. The molecule has 0 radical (unpaired) electrons. The molecule has 0 bridgehead atoms. The quantitative estimate of drug-likeness (QED) is 0.423. The monoisotopic (exact) mass is 410 g/mol. The van der Waals surface area contributed by atoms with E-state index in [4.69, 9.17) is 4.74 Å². The summed E-state index contributed by atoms with van der Waals surface area (Å²) in [7, 11) is 1.51. The number of rotatable bonds is 5. The molecule has 0 saturated carbocycles. The number of piperazine rings is 1. The van der Waals surface area contributed by atoms with Crippen LogP contribution in [0.25, 0.3) is 0 Å². The number of nitro benzene ring substituents is 1. The van der Waals surface area contributed by atoms with Crippen LogP contribution in [0.2, 0.25) is 0 Å². The van der Waals surface area contributed by atoms with Gasteiger partial charge in [-0.25, -0.2) is 4.90 Å². The van der Waals surface area contributed by atoms with Crippen LogP contribution in [0, 0.1) is 10.1 Å². The fourth-order valence-corrected chi connectivity index (χ4v) is 4.05. The summed E-state index contributed by atoms with van der Waals surface area (Å²) in [6, 6.07) is 13.0. The fourth-order valence-electron chi connectivity index (χ4n) is 4.05. The zero-order valence-corrected chi connectivity index (χ0v) is 16.6. The smallest absolute Gasteiger partial charge is 0.269 e. The molecule has 0 aliphatic carbocycles. The van der Waals surface area contributed by atoms with Gasteiger partial charge in [-0.15, -0.1) is 0 Å². The number of anilines is 2. The van der Waals surface area contributed by atoms with Gasteiger partial charge >= 0.3 is 0 Å². The van der Waals surface area contributed by atoms with Gasteiger partial charge in [-0.1, -0.05) is 12.1 Å². The molecule has 0 spiro atoms. The largest absolute Gasteiger partial charge is 0.495 e. The predicted octanol–water partition coefficient (Wildman–Crippen LogP) is 2.06. The molecule has 2 aromatic carbocycles. The Hall–Kier alpha value is -3.46. The molecule has 9 heteroatoms. The number of benzene rings is 2. The number of para-hydroxylation sites is 2. The Morgan fingerprint density at radius 3 is 2.30 bits per heavy atom. The van der Waals surface area contributed by atoms with Crippen molar-refractivity contribution in [3.05, 3.63) is 58.6 Å². The molecule has 1 atom stereocenters. The van der Waals surface area contributed by atoms with Crippen molar-refractivity contribution in [3.8, 4) is 5.75 Å². The van der Waals surface area contributed by atoms with Gasteiger partial charge in [0.1, 0.15) is 5.75 Å². The Kier molecular flexibility index (Phi) is 5.37. The van der Waals surface area contributed by atoms with Crippen LogP contribution < -0.4 is 14.5 Å². The number of nitro groups is 1. The topological polar surface area (TPSA) is 96.2 Å². The second-order valence-electron chi connectivity index (χ2n) is 7.26. The van der Waals surface area contributed by atoms with Crippen molar-refractivity contribution in [2.24, 2.45) is 0 Å². The third kappa shape index (κ3) is 3.59. The second kappa shape index (κ2) is 8.11. The van der Waals surface area contributed by atoms with Gasteiger partial charge in [-0.05, 0) is 24.3 Å². The minimum absolute atomic E-state index is 0.0592. The lowest BCUT2D eigenvalue weighted by molar-refractivity contribution is -0.384. The SMILES string of the molecule is COc1ccccc1N1C(=O)C[C@H](N2CCN(c3ccc([N+](=O)[O-])cc3)CC2)C1=O. The van der Waals surface area contributed by atoms with Gasteiger partial charge in [0.25, 0.3) is 11.6 Å². The van der Waals surface area contributed by atoms with Crippen LogP contribution in [0.5, 0.6) is 5.75 Å². The molecular formula is C21H22N4O5. The summed E-state index contributed by atoms with van der Waals surface area (Å²) >= 11 is 0. The summed E-state index contributed by atoms with van der Waals surface area (Å²) in [4.78, 5) is 41.5. The van der Waals surface area contributed by atoms with Crippen molar-refractivity contribution in [2.45, 2.75) is 12.5 Å². The number of carbonyl (C=O) groups excluding carboxylic acids is 2. The lowest BCUT2D eigenvalue weighted by Gasteiger charge is -2.38. The molecule has 156 valence electrons. The normalized spacial score (nSPS) is 20.0. The second-order valence-corrected chi connectivity index (χ2v) is 7.26. The van der Waals surface area contributed by atoms with E-state index < -0.39 is 11.0 Å². The predicted molar refractivity (Wildman–Crippen MR) is 111 cm³/mol. The van der Waals surface area contributed by atoms with E-state index in [9.17, 15) is 19.7 Å². The van der Waals surface area contributed by atoms with Crippen LogP contribution in [0.15, 0.2) is 48.5 Å². The van der Waals surface area contributed by atoms with E-state index in [2.05, 4.69) is 4.90 Å². The minimum atomic E-state index is -0.485. The van der Waals surface area contributed by atoms with Crippen LogP contribution in [0.1, 0.15) is 6.42 Å². The molecule has 2 saturated heterocycles. The number of methoxy groups -OCH3 is 1. The first-order valence-corrected chi connectivity index (χ1v) is 9.73. The van der Waals surface area contributed by atoms with Crippen LogP contribution >= 0.6 is 0 Å². The molecule has 2 aromatic rings.